The van der Waals surface area contributed by atoms with E-state index in [1.165, 1.54) is 24.4 Å². The van der Waals surface area contributed by atoms with E-state index in [0.717, 1.165) is 22.5 Å². The summed E-state index contributed by atoms with van der Waals surface area (Å²) in [6, 6.07) is 17.2. The average molecular weight is 399 g/mol. The SMILES string of the molecule is Cc1cccc(C=NNC(=O)c2ccccc2NS(=O)(=O)c2cccs2)c1. The lowest BCUT2D eigenvalue weighted by Gasteiger charge is -2.10. The minimum absolute atomic E-state index is 0.176. The van der Waals surface area contributed by atoms with Gasteiger partial charge in [0.2, 0.25) is 0 Å². The van der Waals surface area contributed by atoms with E-state index < -0.39 is 15.9 Å². The third-order valence-corrected chi connectivity index (χ3v) is 6.36. The van der Waals surface area contributed by atoms with Crippen molar-refractivity contribution in [3.8, 4) is 0 Å². The maximum Gasteiger partial charge on any atom is 0.273 e. The fourth-order valence-corrected chi connectivity index (χ4v) is 4.43. The number of anilines is 1. The quantitative estimate of drug-likeness (QED) is 0.490. The van der Waals surface area contributed by atoms with E-state index >= 15 is 0 Å². The predicted molar refractivity (Wildman–Crippen MR) is 108 cm³/mol. The van der Waals surface area contributed by atoms with Gasteiger partial charge in [0.25, 0.3) is 15.9 Å². The molecular formula is C19H17N3O3S2. The lowest BCUT2D eigenvalue weighted by atomic mass is 10.1. The monoisotopic (exact) mass is 399 g/mol. The van der Waals surface area contributed by atoms with E-state index in [-0.39, 0.29) is 15.5 Å². The van der Waals surface area contributed by atoms with Crippen molar-refractivity contribution in [2.24, 2.45) is 5.10 Å². The van der Waals surface area contributed by atoms with Crippen molar-refractivity contribution in [1.29, 1.82) is 0 Å². The van der Waals surface area contributed by atoms with Crippen molar-refractivity contribution in [1.82, 2.24) is 5.43 Å². The van der Waals surface area contributed by atoms with Crippen molar-refractivity contribution in [3.05, 3.63) is 82.7 Å². The Morgan fingerprint density at radius 2 is 1.89 bits per heavy atom. The number of nitrogens with one attached hydrogen (secondary N) is 2. The standard InChI is InChI=1S/C19H17N3O3S2/c1-14-6-4-7-15(12-14)13-20-21-19(23)16-8-2-3-9-17(16)22-27(24,25)18-10-5-11-26-18/h2-13,22H,1H3,(H,21,23). The molecule has 0 radical (unpaired) electrons. The molecule has 0 saturated carbocycles. The van der Waals surface area contributed by atoms with Gasteiger partial charge in [-0.25, -0.2) is 13.8 Å². The first-order chi connectivity index (χ1) is 13.0. The molecule has 1 heterocycles. The number of carbonyl (C=O) groups is 1. The van der Waals surface area contributed by atoms with Crippen molar-refractivity contribution in [3.63, 3.8) is 0 Å². The van der Waals surface area contributed by atoms with Gasteiger partial charge in [-0.2, -0.15) is 5.10 Å². The van der Waals surface area contributed by atoms with Crippen molar-refractivity contribution in [2.45, 2.75) is 11.1 Å². The maximum atomic E-state index is 12.4. The Kier molecular flexibility index (Phi) is 5.68. The molecule has 2 aromatic carbocycles. The molecule has 0 fully saturated rings. The van der Waals surface area contributed by atoms with Gasteiger partial charge in [0.15, 0.2) is 0 Å². The predicted octanol–water partition coefficient (Wildman–Crippen LogP) is 3.62. The smallest absolute Gasteiger partial charge is 0.273 e. The van der Waals surface area contributed by atoms with Crippen LogP contribution < -0.4 is 10.1 Å². The van der Waals surface area contributed by atoms with Crippen LogP contribution >= 0.6 is 11.3 Å². The number of rotatable bonds is 6. The Bertz CT molecular complexity index is 1080. The molecular weight excluding hydrogens is 382 g/mol. The van der Waals surface area contributed by atoms with E-state index in [2.05, 4.69) is 15.2 Å². The minimum Gasteiger partial charge on any atom is -0.278 e. The number of amides is 1. The number of nitrogens with zero attached hydrogens (tertiary/aromatic N) is 1. The second-order valence-corrected chi connectivity index (χ2v) is 8.55. The molecule has 0 unspecified atom stereocenters. The van der Waals surface area contributed by atoms with Gasteiger partial charge in [-0.3, -0.25) is 9.52 Å². The molecule has 27 heavy (non-hydrogen) atoms. The van der Waals surface area contributed by atoms with Crippen LogP contribution in [0.5, 0.6) is 0 Å². The number of sulfonamides is 1. The summed E-state index contributed by atoms with van der Waals surface area (Å²) in [6.45, 7) is 1.96. The summed E-state index contributed by atoms with van der Waals surface area (Å²) in [4.78, 5) is 12.4. The highest BCUT2D eigenvalue weighted by Crippen LogP contribution is 2.22. The lowest BCUT2D eigenvalue weighted by molar-refractivity contribution is 0.0956. The highest BCUT2D eigenvalue weighted by Gasteiger charge is 2.19. The van der Waals surface area contributed by atoms with Gasteiger partial charge in [0.1, 0.15) is 4.21 Å². The molecule has 0 aliphatic rings. The number of hydrogen-bond donors (Lipinski definition) is 2. The van der Waals surface area contributed by atoms with Crippen LogP contribution in [0, 0.1) is 6.92 Å². The first-order valence-electron chi connectivity index (χ1n) is 8.01. The van der Waals surface area contributed by atoms with Crippen LogP contribution in [0.1, 0.15) is 21.5 Å². The topological polar surface area (TPSA) is 87.6 Å². The summed E-state index contributed by atoms with van der Waals surface area (Å²) in [5, 5.41) is 5.62. The van der Waals surface area contributed by atoms with Crippen LogP contribution in [0.4, 0.5) is 5.69 Å². The van der Waals surface area contributed by atoms with Crippen LogP contribution in [0.15, 0.2) is 75.4 Å². The Labute approximate surface area is 161 Å². The second-order valence-electron chi connectivity index (χ2n) is 5.70. The zero-order chi connectivity index (χ0) is 19.3. The van der Waals surface area contributed by atoms with E-state index in [1.54, 1.807) is 23.6 Å². The summed E-state index contributed by atoms with van der Waals surface area (Å²) >= 11 is 1.10. The van der Waals surface area contributed by atoms with Gasteiger partial charge >= 0.3 is 0 Å². The van der Waals surface area contributed by atoms with Gasteiger partial charge in [-0.1, -0.05) is 48.0 Å². The second kappa shape index (κ2) is 8.15. The van der Waals surface area contributed by atoms with Gasteiger partial charge in [-0.05, 0) is 36.1 Å². The molecule has 0 aliphatic carbocycles. The van der Waals surface area contributed by atoms with Crippen molar-refractivity contribution < 1.29 is 13.2 Å². The third kappa shape index (κ3) is 4.81. The van der Waals surface area contributed by atoms with Gasteiger partial charge < -0.3 is 0 Å². The molecule has 3 aromatic rings. The van der Waals surface area contributed by atoms with Crippen LogP contribution in [-0.2, 0) is 10.0 Å². The molecule has 0 spiro atoms. The summed E-state index contributed by atoms with van der Waals surface area (Å²) in [7, 11) is -3.74. The molecule has 8 heteroatoms. The van der Waals surface area contributed by atoms with Crippen molar-refractivity contribution >= 4 is 39.2 Å². The fourth-order valence-electron chi connectivity index (χ4n) is 2.36. The largest absolute Gasteiger partial charge is 0.278 e. The number of aryl methyl sites for hydroxylation is 1. The van der Waals surface area contributed by atoms with Gasteiger partial charge in [-0.15, -0.1) is 11.3 Å². The van der Waals surface area contributed by atoms with Crippen LogP contribution in [0.3, 0.4) is 0 Å². The van der Waals surface area contributed by atoms with E-state index in [0.29, 0.717) is 0 Å². The number of para-hydroxylation sites is 1. The first kappa shape index (κ1) is 18.8. The van der Waals surface area contributed by atoms with Crippen molar-refractivity contribution in [2.75, 3.05) is 4.72 Å². The molecule has 6 nitrogen and oxygen atoms in total. The fraction of sp³-hybridized carbons (Fsp3) is 0.0526. The molecule has 0 bridgehead atoms. The zero-order valence-corrected chi connectivity index (χ0v) is 16.0. The molecule has 0 atom stereocenters. The molecule has 1 aromatic heterocycles. The van der Waals surface area contributed by atoms with Crippen LogP contribution in [0.25, 0.3) is 0 Å². The number of benzene rings is 2. The van der Waals surface area contributed by atoms with E-state index in [1.807, 2.05) is 31.2 Å². The molecule has 1 amide bonds. The van der Waals surface area contributed by atoms with E-state index in [4.69, 9.17) is 0 Å². The highest BCUT2D eigenvalue weighted by atomic mass is 32.2. The molecule has 2 N–H and O–H groups in total. The Morgan fingerprint density at radius 3 is 2.63 bits per heavy atom. The lowest BCUT2D eigenvalue weighted by Crippen LogP contribution is -2.21. The molecule has 3 rings (SSSR count). The number of carbonyl (C=O) groups excluding carboxylic acids is 1. The zero-order valence-electron chi connectivity index (χ0n) is 14.4. The first-order valence-corrected chi connectivity index (χ1v) is 10.4. The Hall–Kier alpha value is -2.97. The van der Waals surface area contributed by atoms with Crippen LogP contribution in [0.2, 0.25) is 0 Å². The Balaban J connectivity index is 1.76. The molecule has 138 valence electrons. The normalized spacial score (nSPS) is 11.4. The third-order valence-electron chi connectivity index (χ3n) is 3.60. The maximum absolute atomic E-state index is 12.4. The molecule has 0 saturated heterocycles. The summed E-state index contributed by atoms with van der Waals surface area (Å²) in [5.74, 6) is -0.511. The summed E-state index contributed by atoms with van der Waals surface area (Å²) in [6.07, 6.45) is 1.53. The summed E-state index contributed by atoms with van der Waals surface area (Å²) < 4.78 is 27.4. The van der Waals surface area contributed by atoms with Gasteiger partial charge in [0, 0.05) is 0 Å². The number of hydrogen-bond acceptors (Lipinski definition) is 5. The van der Waals surface area contributed by atoms with Gasteiger partial charge in [0.05, 0.1) is 17.5 Å². The van der Waals surface area contributed by atoms with E-state index in [9.17, 15) is 13.2 Å². The van der Waals surface area contributed by atoms with Crippen LogP contribution in [-0.4, -0.2) is 20.5 Å². The molecule has 0 aliphatic heterocycles. The Morgan fingerprint density at radius 1 is 1.07 bits per heavy atom. The minimum atomic E-state index is -3.74. The highest BCUT2D eigenvalue weighted by molar-refractivity contribution is 7.94. The summed E-state index contributed by atoms with van der Waals surface area (Å²) in [5.41, 5.74) is 4.73. The average Bonchev–Trinajstić information content (AvgIpc) is 3.17. The number of hydrazone groups is 1. The number of thiophene rings is 1.